The summed E-state index contributed by atoms with van der Waals surface area (Å²) in [5, 5.41) is 3.56. The number of para-hydroxylation sites is 1. The Kier molecular flexibility index (Phi) is 2.04. The number of nitrogens with one attached hydrogen (secondary N) is 1. The van der Waals surface area contributed by atoms with Gasteiger partial charge in [0.25, 0.3) is 0 Å². The van der Waals surface area contributed by atoms with Crippen molar-refractivity contribution in [1.82, 2.24) is 10.0 Å². The van der Waals surface area contributed by atoms with Gasteiger partial charge in [0.15, 0.2) is 0 Å². The van der Waals surface area contributed by atoms with E-state index in [0.717, 1.165) is 26.0 Å². The van der Waals surface area contributed by atoms with Gasteiger partial charge < -0.3 is 4.98 Å². The second-order valence-electron chi connectivity index (χ2n) is 4.94. The molecule has 0 radical (unpaired) electrons. The zero-order valence-corrected chi connectivity index (χ0v) is 9.78. The van der Waals surface area contributed by atoms with Gasteiger partial charge in [-0.2, -0.15) is 5.06 Å². The molecular formula is C14H16N2O. The Balaban J connectivity index is 1.89. The monoisotopic (exact) mass is 228 g/mol. The van der Waals surface area contributed by atoms with Gasteiger partial charge in [0, 0.05) is 23.1 Å². The van der Waals surface area contributed by atoms with E-state index in [1.54, 1.807) is 0 Å². The fraction of sp³-hybridized carbons (Fsp3) is 0.429. The first-order valence-electron chi connectivity index (χ1n) is 6.42. The molecule has 0 saturated carbocycles. The van der Waals surface area contributed by atoms with E-state index in [-0.39, 0.29) is 0 Å². The highest BCUT2D eigenvalue weighted by molar-refractivity contribution is 5.85. The highest BCUT2D eigenvalue weighted by atomic mass is 16.7. The summed E-state index contributed by atoms with van der Waals surface area (Å²) in [6.45, 7) is 1.91. The summed E-state index contributed by atoms with van der Waals surface area (Å²) in [4.78, 5) is 9.34. The third-order valence-corrected chi connectivity index (χ3v) is 3.99. The average molecular weight is 228 g/mol. The number of rotatable bonds is 0. The predicted molar refractivity (Wildman–Crippen MR) is 66.6 cm³/mol. The lowest BCUT2D eigenvalue weighted by Crippen LogP contribution is -2.38. The molecule has 1 fully saturated rings. The van der Waals surface area contributed by atoms with Gasteiger partial charge in [0.2, 0.25) is 0 Å². The second kappa shape index (κ2) is 3.59. The van der Waals surface area contributed by atoms with E-state index in [0.29, 0.717) is 6.04 Å². The van der Waals surface area contributed by atoms with E-state index in [4.69, 9.17) is 4.84 Å². The van der Waals surface area contributed by atoms with Crippen LogP contribution in [0.1, 0.15) is 30.1 Å². The first kappa shape index (κ1) is 9.68. The first-order chi connectivity index (χ1) is 8.43. The van der Waals surface area contributed by atoms with Crippen LogP contribution in [-0.2, 0) is 11.3 Å². The van der Waals surface area contributed by atoms with Gasteiger partial charge in [0.1, 0.15) is 0 Å². The Morgan fingerprint density at radius 1 is 1.29 bits per heavy atom. The Labute approximate surface area is 100 Å². The van der Waals surface area contributed by atoms with Gasteiger partial charge in [-0.1, -0.05) is 18.2 Å². The Morgan fingerprint density at radius 2 is 2.24 bits per heavy atom. The summed E-state index contributed by atoms with van der Waals surface area (Å²) in [5.74, 6) is 0. The normalized spacial score (nSPS) is 24.6. The quantitative estimate of drug-likeness (QED) is 0.751. The average Bonchev–Trinajstić information content (AvgIpc) is 2.78. The van der Waals surface area contributed by atoms with E-state index in [1.165, 1.54) is 28.6 Å². The van der Waals surface area contributed by atoms with Crippen molar-refractivity contribution in [3.05, 3.63) is 35.5 Å². The highest BCUT2D eigenvalue weighted by Crippen LogP contribution is 2.38. The summed E-state index contributed by atoms with van der Waals surface area (Å²) in [6, 6.07) is 9.06. The van der Waals surface area contributed by atoms with Crippen LogP contribution in [0.3, 0.4) is 0 Å². The van der Waals surface area contributed by atoms with Crippen LogP contribution in [0.5, 0.6) is 0 Å². The molecule has 0 spiro atoms. The summed E-state index contributed by atoms with van der Waals surface area (Å²) in [7, 11) is 0. The van der Waals surface area contributed by atoms with Gasteiger partial charge in [-0.25, -0.2) is 0 Å². The lowest BCUT2D eigenvalue weighted by molar-refractivity contribution is -0.217. The smallest absolute Gasteiger partial charge is 0.0755 e. The van der Waals surface area contributed by atoms with Gasteiger partial charge in [-0.3, -0.25) is 4.84 Å². The minimum absolute atomic E-state index is 0.444. The standard InChI is InChI=1S/C14H16N2O/c1-2-5-12-10(4-1)11-7-8-16-13(14(11)15-12)6-3-9-17-16/h1-2,4-5,13,15H,3,6-9H2. The summed E-state index contributed by atoms with van der Waals surface area (Å²) in [6.07, 6.45) is 3.46. The van der Waals surface area contributed by atoms with Crippen LogP contribution < -0.4 is 0 Å². The molecule has 3 nitrogen and oxygen atoms in total. The number of hydroxylamine groups is 2. The van der Waals surface area contributed by atoms with Gasteiger partial charge in [-0.05, 0) is 30.9 Å². The molecule has 0 bridgehead atoms. The largest absolute Gasteiger partial charge is 0.357 e. The Hall–Kier alpha value is -1.32. The van der Waals surface area contributed by atoms with Crippen molar-refractivity contribution in [1.29, 1.82) is 0 Å². The first-order valence-corrected chi connectivity index (χ1v) is 6.42. The van der Waals surface area contributed by atoms with E-state index < -0.39 is 0 Å². The van der Waals surface area contributed by atoms with Crippen molar-refractivity contribution >= 4 is 10.9 Å². The molecule has 17 heavy (non-hydrogen) atoms. The summed E-state index contributed by atoms with van der Waals surface area (Å²) in [5.41, 5.74) is 4.16. The van der Waals surface area contributed by atoms with Crippen LogP contribution in [-0.4, -0.2) is 23.2 Å². The zero-order valence-electron chi connectivity index (χ0n) is 9.78. The van der Waals surface area contributed by atoms with Gasteiger partial charge in [-0.15, -0.1) is 0 Å². The maximum atomic E-state index is 5.75. The van der Waals surface area contributed by atoms with Crippen molar-refractivity contribution in [2.75, 3.05) is 13.2 Å². The summed E-state index contributed by atoms with van der Waals surface area (Å²) >= 11 is 0. The van der Waals surface area contributed by atoms with Crippen molar-refractivity contribution < 1.29 is 4.84 Å². The number of aromatic amines is 1. The molecule has 1 atom stereocenters. The van der Waals surface area contributed by atoms with Gasteiger partial charge in [0.05, 0.1) is 12.6 Å². The topological polar surface area (TPSA) is 28.3 Å². The molecule has 1 aromatic carbocycles. The molecule has 3 heterocycles. The number of nitrogens with zero attached hydrogens (tertiary/aromatic N) is 1. The molecule has 1 aromatic heterocycles. The zero-order chi connectivity index (χ0) is 11.2. The summed E-state index contributed by atoms with van der Waals surface area (Å²) < 4.78 is 0. The molecule has 88 valence electrons. The van der Waals surface area contributed by atoms with Crippen molar-refractivity contribution in [2.45, 2.75) is 25.3 Å². The van der Waals surface area contributed by atoms with Crippen molar-refractivity contribution in [2.24, 2.45) is 0 Å². The molecule has 2 aliphatic rings. The third-order valence-electron chi connectivity index (χ3n) is 3.99. The minimum Gasteiger partial charge on any atom is -0.357 e. The lowest BCUT2D eigenvalue weighted by Gasteiger charge is -2.38. The van der Waals surface area contributed by atoms with Crippen LogP contribution in [0.25, 0.3) is 10.9 Å². The van der Waals surface area contributed by atoms with E-state index in [9.17, 15) is 0 Å². The van der Waals surface area contributed by atoms with Crippen LogP contribution >= 0.6 is 0 Å². The minimum atomic E-state index is 0.444. The fourth-order valence-electron chi connectivity index (χ4n) is 3.20. The van der Waals surface area contributed by atoms with Crippen LogP contribution in [0.2, 0.25) is 0 Å². The fourth-order valence-corrected chi connectivity index (χ4v) is 3.20. The lowest BCUT2D eigenvalue weighted by atomic mass is 9.95. The number of benzene rings is 1. The van der Waals surface area contributed by atoms with E-state index in [1.807, 2.05) is 0 Å². The maximum absolute atomic E-state index is 5.75. The number of hydrogen-bond donors (Lipinski definition) is 1. The van der Waals surface area contributed by atoms with Crippen molar-refractivity contribution in [3.8, 4) is 0 Å². The predicted octanol–water partition coefficient (Wildman–Crippen LogP) is 2.79. The highest BCUT2D eigenvalue weighted by Gasteiger charge is 2.32. The van der Waals surface area contributed by atoms with Crippen LogP contribution in [0.4, 0.5) is 0 Å². The Morgan fingerprint density at radius 3 is 3.24 bits per heavy atom. The van der Waals surface area contributed by atoms with Crippen molar-refractivity contribution in [3.63, 3.8) is 0 Å². The molecule has 2 aromatic rings. The van der Waals surface area contributed by atoms with Crippen LogP contribution in [0, 0.1) is 0 Å². The molecule has 1 saturated heterocycles. The number of fused-ring (bicyclic) bond motifs is 5. The third kappa shape index (κ3) is 1.36. The van der Waals surface area contributed by atoms with E-state index >= 15 is 0 Å². The van der Waals surface area contributed by atoms with Crippen LogP contribution in [0.15, 0.2) is 24.3 Å². The number of H-pyrrole nitrogens is 1. The number of hydrogen-bond acceptors (Lipinski definition) is 2. The maximum Gasteiger partial charge on any atom is 0.0755 e. The molecular weight excluding hydrogens is 212 g/mol. The molecule has 0 aliphatic carbocycles. The second-order valence-corrected chi connectivity index (χ2v) is 4.94. The number of aromatic nitrogens is 1. The molecule has 4 rings (SSSR count). The Bertz CT molecular complexity index is 560. The SMILES string of the molecule is c1ccc2c3c([nH]c2c1)C1CCCON1CC3. The molecule has 2 aliphatic heterocycles. The van der Waals surface area contributed by atoms with Gasteiger partial charge >= 0.3 is 0 Å². The molecule has 3 heteroatoms. The molecule has 1 N–H and O–H groups in total. The molecule has 0 amide bonds. The molecule has 1 unspecified atom stereocenters. The van der Waals surface area contributed by atoms with E-state index in [2.05, 4.69) is 34.3 Å².